The number of hydrogen-bond acceptors (Lipinski definition) is 2. The SMILES string of the molecule is CCn1ccc(-c2cccc(OC)c2)c1C=O. The molecule has 0 aliphatic carbocycles. The van der Waals surface area contributed by atoms with Gasteiger partial charge in [-0.15, -0.1) is 0 Å². The lowest BCUT2D eigenvalue weighted by Crippen LogP contribution is -1.98. The Bertz CT molecular complexity index is 529. The number of methoxy groups -OCH3 is 1. The number of nitrogens with zero attached hydrogens (tertiary/aromatic N) is 1. The highest BCUT2D eigenvalue weighted by atomic mass is 16.5. The molecule has 0 bridgehead atoms. The van der Waals surface area contributed by atoms with Crippen LogP contribution in [0.5, 0.6) is 5.75 Å². The Morgan fingerprint density at radius 1 is 1.35 bits per heavy atom. The van der Waals surface area contributed by atoms with Crippen LogP contribution in [0.1, 0.15) is 17.4 Å². The van der Waals surface area contributed by atoms with Gasteiger partial charge in [0.15, 0.2) is 6.29 Å². The van der Waals surface area contributed by atoms with Gasteiger partial charge < -0.3 is 9.30 Å². The van der Waals surface area contributed by atoms with Gasteiger partial charge in [0.1, 0.15) is 5.75 Å². The Labute approximate surface area is 101 Å². The zero-order chi connectivity index (χ0) is 12.3. The van der Waals surface area contributed by atoms with E-state index >= 15 is 0 Å². The molecule has 0 N–H and O–H groups in total. The van der Waals surface area contributed by atoms with Crippen LogP contribution in [0.4, 0.5) is 0 Å². The van der Waals surface area contributed by atoms with Crippen LogP contribution in [-0.2, 0) is 6.54 Å². The largest absolute Gasteiger partial charge is 0.497 e. The van der Waals surface area contributed by atoms with Crippen LogP contribution in [0.3, 0.4) is 0 Å². The Morgan fingerprint density at radius 3 is 2.82 bits per heavy atom. The molecule has 0 atom stereocenters. The molecule has 0 aliphatic rings. The maximum Gasteiger partial charge on any atom is 0.167 e. The molecule has 0 radical (unpaired) electrons. The molecule has 1 aromatic carbocycles. The van der Waals surface area contributed by atoms with E-state index < -0.39 is 0 Å². The molecule has 0 saturated heterocycles. The van der Waals surface area contributed by atoms with Crippen molar-refractivity contribution < 1.29 is 9.53 Å². The van der Waals surface area contributed by atoms with Gasteiger partial charge in [-0.05, 0) is 30.7 Å². The van der Waals surface area contributed by atoms with E-state index in [2.05, 4.69) is 0 Å². The summed E-state index contributed by atoms with van der Waals surface area (Å²) in [6.07, 6.45) is 2.83. The molecule has 1 aromatic heterocycles. The van der Waals surface area contributed by atoms with E-state index in [1.54, 1.807) is 7.11 Å². The van der Waals surface area contributed by atoms with E-state index in [4.69, 9.17) is 4.74 Å². The minimum atomic E-state index is 0.709. The van der Waals surface area contributed by atoms with Crippen molar-refractivity contribution >= 4 is 6.29 Å². The van der Waals surface area contributed by atoms with Gasteiger partial charge >= 0.3 is 0 Å². The maximum atomic E-state index is 11.1. The second-order valence-corrected chi connectivity index (χ2v) is 3.75. The van der Waals surface area contributed by atoms with Crippen LogP contribution >= 0.6 is 0 Å². The summed E-state index contributed by atoms with van der Waals surface area (Å²) < 4.78 is 7.12. The highest BCUT2D eigenvalue weighted by Crippen LogP contribution is 2.27. The van der Waals surface area contributed by atoms with Gasteiger partial charge in [-0.1, -0.05) is 12.1 Å². The fourth-order valence-corrected chi connectivity index (χ4v) is 1.93. The Kier molecular flexibility index (Phi) is 3.28. The van der Waals surface area contributed by atoms with Gasteiger partial charge in [0.25, 0.3) is 0 Å². The third-order valence-electron chi connectivity index (χ3n) is 2.84. The standard InChI is InChI=1S/C14H15NO2/c1-3-15-8-7-13(14(15)10-16)11-5-4-6-12(9-11)17-2/h4-10H,3H2,1-2H3. The molecular formula is C14H15NO2. The lowest BCUT2D eigenvalue weighted by molar-refractivity contribution is 0.111. The Balaban J connectivity index is 2.52. The van der Waals surface area contributed by atoms with Crippen molar-refractivity contribution in [3.05, 3.63) is 42.2 Å². The van der Waals surface area contributed by atoms with Crippen LogP contribution in [0.25, 0.3) is 11.1 Å². The summed E-state index contributed by atoms with van der Waals surface area (Å²) in [5.74, 6) is 0.795. The topological polar surface area (TPSA) is 31.2 Å². The molecule has 0 spiro atoms. The molecule has 3 heteroatoms. The third kappa shape index (κ3) is 2.09. The van der Waals surface area contributed by atoms with E-state index in [1.165, 1.54) is 0 Å². The summed E-state index contributed by atoms with van der Waals surface area (Å²) >= 11 is 0. The van der Waals surface area contributed by atoms with Crippen LogP contribution in [0.2, 0.25) is 0 Å². The first-order valence-electron chi connectivity index (χ1n) is 5.59. The average Bonchev–Trinajstić information content (AvgIpc) is 2.81. The van der Waals surface area contributed by atoms with E-state index in [0.29, 0.717) is 5.69 Å². The zero-order valence-corrected chi connectivity index (χ0v) is 10.0. The predicted octanol–water partition coefficient (Wildman–Crippen LogP) is 3.00. The number of carbonyl (C=O) groups excluding carboxylic acids is 1. The van der Waals surface area contributed by atoms with E-state index in [9.17, 15) is 4.79 Å². The maximum absolute atomic E-state index is 11.1. The molecule has 2 rings (SSSR count). The highest BCUT2D eigenvalue weighted by molar-refractivity contribution is 5.86. The number of aromatic nitrogens is 1. The van der Waals surface area contributed by atoms with Crippen molar-refractivity contribution in [1.82, 2.24) is 4.57 Å². The number of hydrogen-bond donors (Lipinski definition) is 0. The minimum Gasteiger partial charge on any atom is -0.497 e. The lowest BCUT2D eigenvalue weighted by atomic mass is 10.1. The summed E-state index contributed by atoms with van der Waals surface area (Å²) in [7, 11) is 1.64. The second kappa shape index (κ2) is 4.87. The summed E-state index contributed by atoms with van der Waals surface area (Å²) in [5, 5.41) is 0. The van der Waals surface area contributed by atoms with Crippen LogP contribution in [-0.4, -0.2) is 18.0 Å². The minimum absolute atomic E-state index is 0.709. The number of ether oxygens (including phenoxy) is 1. The van der Waals surface area contributed by atoms with Gasteiger partial charge in [0.05, 0.1) is 12.8 Å². The average molecular weight is 229 g/mol. The number of aldehydes is 1. The molecule has 88 valence electrons. The first-order valence-corrected chi connectivity index (χ1v) is 5.59. The molecule has 2 aromatic rings. The van der Waals surface area contributed by atoms with E-state index in [1.807, 2.05) is 48.0 Å². The molecule has 0 saturated carbocycles. The molecule has 0 fully saturated rings. The number of carbonyl (C=O) groups is 1. The summed E-state index contributed by atoms with van der Waals surface area (Å²) in [5.41, 5.74) is 2.65. The van der Waals surface area contributed by atoms with Crippen molar-refractivity contribution in [2.24, 2.45) is 0 Å². The molecule has 17 heavy (non-hydrogen) atoms. The highest BCUT2D eigenvalue weighted by Gasteiger charge is 2.09. The van der Waals surface area contributed by atoms with Gasteiger partial charge in [0, 0.05) is 18.3 Å². The van der Waals surface area contributed by atoms with Crippen LogP contribution in [0, 0.1) is 0 Å². The van der Waals surface area contributed by atoms with Gasteiger partial charge in [-0.3, -0.25) is 4.79 Å². The Hall–Kier alpha value is -2.03. The molecular weight excluding hydrogens is 214 g/mol. The van der Waals surface area contributed by atoms with Crippen molar-refractivity contribution in [2.75, 3.05) is 7.11 Å². The summed E-state index contributed by atoms with van der Waals surface area (Å²) in [6, 6.07) is 9.68. The fraction of sp³-hybridized carbons (Fsp3) is 0.214. The molecule has 0 unspecified atom stereocenters. The monoisotopic (exact) mass is 229 g/mol. The fourth-order valence-electron chi connectivity index (χ4n) is 1.93. The second-order valence-electron chi connectivity index (χ2n) is 3.75. The zero-order valence-electron chi connectivity index (χ0n) is 10.0. The van der Waals surface area contributed by atoms with Crippen LogP contribution < -0.4 is 4.74 Å². The first-order chi connectivity index (χ1) is 8.30. The van der Waals surface area contributed by atoms with E-state index in [0.717, 1.165) is 29.7 Å². The van der Waals surface area contributed by atoms with Crippen molar-refractivity contribution in [3.63, 3.8) is 0 Å². The quantitative estimate of drug-likeness (QED) is 0.755. The summed E-state index contributed by atoms with van der Waals surface area (Å²) in [4.78, 5) is 11.1. The van der Waals surface area contributed by atoms with E-state index in [-0.39, 0.29) is 0 Å². The molecule has 1 heterocycles. The van der Waals surface area contributed by atoms with Crippen LogP contribution in [0.15, 0.2) is 36.5 Å². The Morgan fingerprint density at radius 2 is 2.18 bits per heavy atom. The van der Waals surface area contributed by atoms with Crippen molar-refractivity contribution in [1.29, 1.82) is 0 Å². The van der Waals surface area contributed by atoms with Gasteiger partial charge in [-0.25, -0.2) is 0 Å². The number of aryl methyl sites for hydroxylation is 1. The molecule has 0 aliphatic heterocycles. The smallest absolute Gasteiger partial charge is 0.167 e. The van der Waals surface area contributed by atoms with Gasteiger partial charge in [0.2, 0.25) is 0 Å². The third-order valence-corrected chi connectivity index (χ3v) is 2.84. The van der Waals surface area contributed by atoms with Gasteiger partial charge in [-0.2, -0.15) is 0 Å². The number of rotatable bonds is 4. The molecule has 0 amide bonds. The summed E-state index contributed by atoms with van der Waals surface area (Å²) in [6.45, 7) is 2.81. The lowest BCUT2D eigenvalue weighted by Gasteiger charge is -2.05. The van der Waals surface area contributed by atoms with Crippen molar-refractivity contribution in [2.45, 2.75) is 13.5 Å². The normalized spacial score (nSPS) is 10.2. The predicted molar refractivity (Wildman–Crippen MR) is 67.5 cm³/mol. The number of benzene rings is 1. The first kappa shape index (κ1) is 11.5. The molecule has 3 nitrogen and oxygen atoms in total. The van der Waals surface area contributed by atoms with Crippen molar-refractivity contribution in [3.8, 4) is 16.9 Å².